The SMILES string of the molecule is COC(C)CN1C(=O)C(=O)c2cc(C(F)(F)F)ccc21. The zero-order chi connectivity index (χ0) is 15.1. The Bertz CT molecular complexity index is 568. The maximum Gasteiger partial charge on any atom is 0.416 e. The lowest BCUT2D eigenvalue weighted by Gasteiger charge is -2.20. The van der Waals surface area contributed by atoms with Crippen LogP contribution in [0.15, 0.2) is 18.2 Å². The predicted octanol–water partition coefficient (Wildman–Crippen LogP) is 2.27. The number of ether oxygens (including phenoxy) is 1. The average Bonchev–Trinajstić information content (AvgIpc) is 2.62. The molecule has 0 saturated carbocycles. The molecule has 1 atom stereocenters. The maximum absolute atomic E-state index is 12.6. The topological polar surface area (TPSA) is 46.6 Å². The van der Waals surface area contributed by atoms with Gasteiger partial charge in [0.2, 0.25) is 0 Å². The van der Waals surface area contributed by atoms with Crippen LogP contribution < -0.4 is 4.90 Å². The number of ketones is 1. The first-order valence-electron chi connectivity index (χ1n) is 5.86. The zero-order valence-electron chi connectivity index (χ0n) is 10.8. The lowest BCUT2D eigenvalue weighted by Crippen LogP contribution is -2.36. The highest BCUT2D eigenvalue weighted by molar-refractivity contribution is 6.52. The first-order chi connectivity index (χ1) is 9.25. The van der Waals surface area contributed by atoms with Gasteiger partial charge in [-0.2, -0.15) is 13.2 Å². The molecule has 0 radical (unpaired) electrons. The van der Waals surface area contributed by atoms with Crippen molar-refractivity contribution in [2.24, 2.45) is 0 Å². The molecule has 0 spiro atoms. The van der Waals surface area contributed by atoms with Gasteiger partial charge < -0.3 is 9.64 Å². The van der Waals surface area contributed by atoms with Crippen LogP contribution in [0.5, 0.6) is 0 Å². The summed E-state index contributed by atoms with van der Waals surface area (Å²) in [6.45, 7) is 1.80. The second-order valence-electron chi connectivity index (χ2n) is 4.52. The molecule has 0 N–H and O–H groups in total. The fraction of sp³-hybridized carbons (Fsp3) is 0.385. The van der Waals surface area contributed by atoms with Crippen LogP contribution in [0.4, 0.5) is 18.9 Å². The standard InChI is InChI=1S/C13H12F3NO3/c1-7(20-2)6-17-10-4-3-8(13(14,15)16)5-9(10)11(18)12(17)19/h3-5,7H,6H2,1-2H3. The summed E-state index contributed by atoms with van der Waals surface area (Å²) >= 11 is 0. The van der Waals surface area contributed by atoms with Gasteiger partial charge in [0.1, 0.15) is 0 Å². The van der Waals surface area contributed by atoms with E-state index in [9.17, 15) is 22.8 Å². The van der Waals surface area contributed by atoms with E-state index in [0.29, 0.717) is 6.07 Å². The molecule has 0 fully saturated rings. The summed E-state index contributed by atoms with van der Waals surface area (Å²) in [5, 5.41) is 0. The normalized spacial score (nSPS) is 16.6. The third-order valence-corrected chi connectivity index (χ3v) is 3.14. The van der Waals surface area contributed by atoms with Crippen LogP contribution in [0, 0.1) is 0 Å². The Balaban J connectivity index is 2.42. The van der Waals surface area contributed by atoms with Crippen molar-refractivity contribution >= 4 is 17.4 Å². The largest absolute Gasteiger partial charge is 0.416 e. The molecular weight excluding hydrogens is 275 g/mol. The van der Waals surface area contributed by atoms with Crippen LogP contribution in [0.1, 0.15) is 22.8 Å². The Morgan fingerprint density at radius 2 is 1.95 bits per heavy atom. The van der Waals surface area contributed by atoms with Crippen molar-refractivity contribution in [2.45, 2.75) is 19.2 Å². The van der Waals surface area contributed by atoms with E-state index in [4.69, 9.17) is 4.74 Å². The molecule has 2 rings (SSSR count). The van der Waals surface area contributed by atoms with Gasteiger partial charge in [-0.15, -0.1) is 0 Å². The number of Topliss-reactive ketones (excluding diaryl/α,β-unsaturated/α-hetero) is 1. The molecule has 1 aliphatic heterocycles. The molecule has 1 amide bonds. The first-order valence-corrected chi connectivity index (χ1v) is 5.86. The van der Waals surface area contributed by atoms with E-state index in [1.165, 1.54) is 7.11 Å². The third kappa shape index (κ3) is 2.40. The minimum absolute atomic E-state index is 0.111. The third-order valence-electron chi connectivity index (χ3n) is 3.14. The van der Waals surface area contributed by atoms with Crippen LogP contribution in [-0.4, -0.2) is 31.4 Å². The van der Waals surface area contributed by atoms with Crippen molar-refractivity contribution in [3.63, 3.8) is 0 Å². The van der Waals surface area contributed by atoms with Gasteiger partial charge in [0, 0.05) is 7.11 Å². The summed E-state index contributed by atoms with van der Waals surface area (Å²) in [6.07, 6.45) is -4.88. The Kier molecular flexibility index (Phi) is 3.56. The van der Waals surface area contributed by atoms with Gasteiger partial charge in [0.15, 0.2) is 0 Å². The number of fused-ring (bicyclic) bond motifs is 1. The minimum atomic E-state index is -4.55. The minimum Gasteiger partial charge on any atom is -0.380 e. The number of anilines is 1. The van der Waals surface area contributed by atoms with Crippen molar-refractivity contribution in [1.82, 2.24) is 0 Å². The fourth-order valence-corrected chi connectivity index (χ4v) is 1.99. The molecule has 1 heterocycles. The molecule has 4 nitrogen and oxygen atoms in total. The highest BCUT2D eigenvalue weighted by Crippen LogP contribution is 2.36. The van der Waals surface area contributed by atoms with E-state index >= 15 is 0 Å². The van der Waals surface area contributed by atoms with Crippen LogP contribution in [-0.2, 0) is 15.7 Å². The van der Waals surface area contributed by atoms with Gasteiger partial charge in [-0.05, 0) is 25.1 Å². The van der Waals surface area contributed by atoms with Crippen LogP contribution in [0.2, 0.25) is 0 Å². The Morgan fingerprint density at radius 1 is 1.30 bits per heavy atom. The average molecular weight is 287 g/mol. The Morgan fingerprint density at radius 3 is 2.50 bits per heavy atom. The monoisotopic (exact) mass is 287 g/mol. The van der Waals surface area contributed by atoms with E-state index in [0.717, 1.165) is 17.0 Å². The van der Waals surface area contributed by atoms with E-state index in [2.05, 4.69) is 0 Å². The van der Waals surface area contributed by atoms with Gasteiger partial charge in [-0.1, -0.05) is 0 Å². The van der Waals surface area contributed by atoms with E-state index in [-0.39, 0.29) is 23.9 Å². The van der Waals surface area contributed by atoms with Gasteiger partial charge in [-0.25, -0.2) is 0 Å². The fourth-order valence-electron chi connectivity index (χ4n) is 1.99. The maximum atomic E-state index is 12.6. The number of nitrogens with zero attached hydrogens (tertiary/aromatic N) is 1. The number of carbonyl (C=O) groups is 2. The molecule has 7 heteroatoms. The second-order valence-corrected chi connectivity index (χ2v) is 4.52. The van der Waals surface area contributed by atoms with Crippen molar-refractivity contribution in [3.8, 4) is 0 Å². The van der Waals surface area contributed by atoms with E-state index < -0.39 is 23.4 Å². The van der Waals surface area contributed by atoms with Gasteiger partial charge in [0.05, 0.1) is 29.5 Å². The number of halogens is 3. The number of amides is 1. The van der Waals surface area contributed by atoms with Crippen LogP contribution >= 0.6 is 0 Å². The molecule has 20 heavy (non-hydrogen) atoms. The quantitative estimate of drug-likeness (QED) is 0.801. The number of alkyl halides is 3. The van der Waals surface area contributed by atoms with Gasteiger partial charge >= 0.3 is 6.18 Å². The summed E-state index contributed by atoms with van der Waals surface area (Å²) in [6, 6.07) is 2.71. The Labute approximate surface area is 113 Å². The molecule has 1 aromatic carbocycles. The van der Waals surface area contributed by atoms with Crippen molar-refractivity contribution < 1.29 is 27.5 Å². The number of methoxy groups -OCH3 is 1. The highest BCUT2D eigenvalue weighted by atomic mass is 19.4. The Hall–Kier alpha value is -1.89. The molecule has 0 bridgehead atoms. The number of carbonyl (C=O) groups excluding carboxylic acids is 2. The highest BCUT2D eigenvalue weighted by Gasteiger charge is 2.39. The molecule has 1 aliphatic rings. The first kappa shape index (κ1) is 14.5. The molecule has 108 valence electrons. The molecule has 0 aromatic heterocycles. The lowest BCUT2D eigenvalue weighted by atomic mass is 10.1. The second kappa shape index (κ2) is 4.90. The summed E-state index contributed by atoms with van der Waals surface area (Å²) in [5.41, 5.74) is -0.968. The van der Waals surface area contributed by atoms with Gasteiger partial charge in [0.25, 0.3) is 11.7 Å². The molecular formula is C13H12F3NO3. The van der Waals surface area contributed by atoms with E-state index in [1.54, 1.807) is 6.92 Å². The zero-order valence-corrected chi connectivity index (χ0v) is 10.8. The van der Waals surface area contributed by atoms with Crippen LogP contribution in [0.25, 0.3) is 0 Å². The number of rotatable bonds is 3. The summed E-state index contributed by atoms with van der Waals surface area (Å²) in [5.74, 6) is -1.75. The molecule has 0 saturated heterocycles. The van der Waals surface area contributed by atoms with Gasteiger partial charge in [-0.3, -0.25) is 9.59 Å². The van der Waals surface area contributed by atoms with Crippen molar-refractivity contribution in [2.75, 3.05) is 18.6 Å². The number of hydrogen-bond acceptors (Lipinski definition) is 3. The van der Waals surface area contributed by atoms with Crippen molar-refractivity contribution in [1.29, 1.82) is 0 Å². The summed E-state index contributed by atoms with van der Waals surface area (Å²) in [7, 11) is 1.45. The summed E-state index contributed by atoms with van der Waals surface area (Å²) < 4.78 is 42.8. The van der Waals surface area contributed by atoms with Crippen LogP contribution in [0.3, 0.4) is 0 Å². The number of benzene rings is 1. The summed E-state index contributed by atoms with van der Waals surface area (Å²) in [4.78, 5) is 24.7. The van der Waals surface area contributed by atoms with Crippen molar-refractivity contribution in [3.05, 3.63) is 29.3 Å². The van der Waals surface area contributed by atoms with E-state index in [1.807, 2.05) is 0 Å². The smallest absolute Gasteiger partial charge is 0.380 e. The lowest BCUT2D eigenvalue weighted by molar-refractivity contribution is -0.137. The number of hydrogen-bond donors (Lipinski definition) is 0. The molecule has 1 unspecified atom stereocenters. The predicted molar refractivity (Wildman–Crippen MR) is 64.6 cm³/mol. The molecule has 1 aromatic rings. The molecule has 0 aliphatic carbocycles.